The van der Waals surface area contributed by atoms with E-state index in [4.69, 9.17) is 23.2 Å². The molecule has 33 heavy (non-hydrogen) atoms. The van der Waals surface area contributed by atoms with Crippen LogP contribution in [-0.4, -0.2) is 72.9 Å². The number of likely N-dealkylation sites (N-methyl/N-ethyl adjacent to an activating group) is 1. The van der Waals surface area contributed by atoms with E-state index in [0.29, 0.717) is 71.1 Å². The Morgan fingerprint density at radius 1 is 1.09 bits per heavy atom. The number of carbonyl (C=O) groups excluding carboxylic acids is 1. The fraction of sp³-hybridized carbons (Fsp3) is 0.435. The molecule has 0 bridgehead atoms. The molecule has 2 aliphatic heterocycles. The minimum Gasteiger partial charge on any atom is -0.307 e. The molecule has 1 aliphatic carbocycles. The lowest BCUT2D eigenvalue weighted by Crippen LogP contribution is -2.61. The molecule has 178 valence electrons. The quantitative estimate of drug-likeness (QED) is 0.396. The van der Waals surface area contributed by atoms with Crippen LogP contribution >= 0.6 is 35.0 Å². The van der Waals surface area contributed by atoms with Gasteiger partial charge in [-0.2, -0.15) is 13.2 Å². The molecule has 4 nitrogen and oxygen atoms in total. The molecule has 1 unspecified atom stereocenters. The number of thioether (sulfide) groups is 1. The van der Waals surface area contributed by atoms with E-state index in [0.717, 1.165) is 0 Å². The van der Waals surface area contributed by atoms with Crippen molar-refractivity contribution in [3.8, 4) is 0 Å². The Hall–Kier alpha value is -1.45. The Balaban J connectivity index is 1.64. The second-order valence-corrected chi connectivity index (χ2v) is 10.3. The van der Waals surface area contributed by atoms with Gasteiger partial charge >= 0.3 is 6.18 Å². The number of amides is 1. The van der Waals surface area contributed by atoms with Crippen LogP contribution in [0.3, 0.4) is 0 Å². The molecule has 0 spiro atoms. The summed E-state index contributed by atoms with van der Waals surface area (Å²) in [5.41, 5.74) is -1.06. The summed E-state index contributed by atoms with van der Waals surface area (Å²) in [4.78, 5) is 18.7. The molecule has 1 aromatic carbocycles. The number of carbonyl (C=O) groups is 1. The molecule has 1 amide bonds. The molecule has 3 aliphatic rings. The zero-order valence-electron chi connectivity index (χ0n) is 18.0. The van der Waals surface area contributed by atoms with Crippen molar-refractivity contribution in [1.82, 2.24) is 9.80 Å². The lowest BCUT2D eigenvalue weighted by atomic mass is 9.86. The Morgan fingerprint density at radius 3 is 2.48 bits per heavy atom. The summed E-state index contributed by atoms with van der Waals surface area (Å²) >= 11 is 13.5. The summed E-state index contributed by atoms with van der Waals surface area (Å²) in [6, 6.07) is 4.96. The van der Waals surface area contributed by atoms with E-state index in [2.05, 4.69) is 0 Å². The molecule has 2 saturated heterocycles. The number of anilines is 1. The highest BCUT2D eigenvalue weighted by atomic mass is 35.5. The predicted octanol–water partition coefficient (Wildman–Crippen LogP) is 5.39. The summed E-state index contributed by atoms with van der Waals surface area (Å²) in [5.74, 6) is 0.376. The number of allylic oxidation sites excluding steroid dienone is 3. The smallest absolute Gasteiger partial charge is 0.307 e. The maximum absolute atomic E-state index is 14.4. The van der Waals surface area contributed by atoms with Crippen LogP contribution in [0, 0.1) is 0 Å². The summed E-state index contributed by atoms with van der Waals surface area (Å²) in [7, 11) is 1.91. The van der Waals surface area contributed by atoms with Crippen LogP contribution in [0.2, 0.25) is 10.0 Å². The molecule has 0 radical (unpaired) electrons. The van der Waals surface area contributed by atoms with Gasteiger partial charge in [-0.25, -0.2) is 0 Å². The fourth-order valence-corrected chi connectivity index (χ4v) is 5.56. The van der Waals surface area contributed by atoms with Crippen molar-refractivity contribution in [3.05, 3.63) is 63.0 Å². The van der Waals surface area contributed by atoms with Crippen molar-refractivity contribution in [3.63, 3.8) is 0 Å². The fourth-order valence-electron chi connectivity index (χ4n) is 4.31. The molecule has 0 N–H and O–H groups in total. The zero-order chi connectivity index (χ0) is 23.8. The molecule has 10 heteroatoms. The van der Waals surface area contributed by atoms with Gasteiger partial charge < -0.3 is 9.80 Å². The van der Waals surface area contributed by atoms with Crippen molar-refractivity contribution >= 4 is 46.6 Å². The molecular weight excluding hydrogens is 494 g/mol. The Bertz CT molecular complexity index is 1020. The highest BCUT2D eigenvalue weighted by Gasteiger charge is 2.56. The number of hydrogen-bond acceptors (Lipinski definition) is 4. The van der Waals surface area contributed by atoms with E-state index in [1.165, 1.54) is 28.8 Å². The minimum atomic E-state index is -4.47. The van der Waals surface area contributed by atoms with Crippen molar-refractivity contribution < 1.29 is 18.0 Å². The summed E-state index contributed by atoms with van der Waals surface area (Å²) in [6.07, 6.45) is 1.59. The standard InChI is InChI=1S/C23H24Cl2F3N3OS/c1-29-7-9-30(10-8-29)22(23(26,27)28)6-2-3-16(15-22)13-20-21(32)31(11-12-33-20)17-4-5-18(24)19(25)14-17/h2,4-6,13-15H,3,7-12H2,1H3/b20-13+. The number of nitrogens with zero attached hydrogens (tertiary/aromatic N) is 3. The van der Waals surface area contributed by atoms with Crippen molar-refractivity contribution in [1.29, 1.82) is 0 Å². The van der Waals surface area contributed by atoms with Gasteiger partial charge in [-0.15, -0.1) is 11.8 Å². The van der Waals surface area contributed by atoms with Crippen LogP contribution in [0.15, 0.2) is 53.0 Å². The van der Waals surface area contributed by atoms with E-state index >= 15 is 0 Å². The number of benzene rings is 1. The third-order valence-electron chi connectivity index (χ3n) is 6.17. The third-order valence-corrected chi connectivity index (χ3v) is 7.90. The van der Waals surface area contributed by atoms with Gasteiger partial charge in [0.15, 0.2) is 5.54 Å². The second-order valence-electron chi connectivity index (χ2n) is 8.35. The average Bonchev–Trinajstić information content (AvgIpc) is 2.77. The summed E-state index contributed by atoms with van der Waals surface area (Å²) < 4.78 is 43.2. The number of alkyl halides is 3. The molecule has 4 rings (SSSR count). The minimum absolute atomic E-state index is 0.253. The Labute approximate surface area is 205 Å². The van der Waals surface area contributed by atoms with Crippen LogP contribution in [0.25, 0.3) is 0 Å². The second kappa shape index (κ2) is 9.66. The summed E-state index contributed by atoms with van der Waals surface area (Å²) in [5, 5.41) is 0.731. The first kappa shape index (κ1) is 24.7. The lowest BCUT2D eigenvalue weighted by molar-refractivity contribution is -0.202. The normalized spacial score (nSPS) is 26.7. The maximum Gasteiger partial charge on any atom is 0.414 e. The summed E-state index contributed by atoms with van der Waals surface area (Å²) in [6.45, 7) is 2.26. The molecule has 1 aromatic rings. The highest BCUT2D eigenvalue weighted by Crippen LogP contribution is 2.42. The Kier molecular flexibility index (Phi) is 7.22. The molecular formula is C23H24Cl2F3N3OS. The average molecular weight is 518 g/mol. The van der Waals surface area contributed by atoms with Crippen LogP contribution < -0.4 is 4.90 Å². The van der Waals surface area contributed by atoms with Gasteiger partial charge in [-0.3, -0.25) is 9.69 Å². The van der Waals surface area contributed by atoms with Gasteiger partial charge in [0.25, 0.3) is 5.91 Å². The van der Waals surface area contributed by atoms with Gasteiger partial charge in [0, 0.05) is 44.2 Å². The highest BCUT2D eigenvalue weighted by molar-refractivity contribution is 8.04. The first-order valence-electron chi connectivity index (χ1n) is 10.6. The van der Waals surface area contributed by atoms with Gasteiger partial charge in [0.2, 0.25) is 0 Å². The monoisotopic (exact) mass is 517 g/mol. The Morgan fingerprint density at radius 2 is 1.82 bits per heavy atom. The zero-order valence-corrected chi connectivity index (χ0v) is 20.4. The number of piperazine rings is 1. The first-order chi connectivity index (χ1) is 15.6. The topological polar surface area (TPSA) is 26.8 Å². The lowest BCUT2D eigenvalue weighted by Gasteiger charge is -2.46. The van der Waals surface area contributed by atoms with Gasteiger partial charge in [0.1, 0.15) is 0 Å². The van der Waals surface area contributed by atoms with E-state index < -0.39 is 11.7 Å². The molecule has 2 fully saturated rings. The van der Waals surface area contributed by atoms with E-state index in [9.17, 15) is 18.0 Å². The van der Waals surface area contributed by atoms with Gasteiger partial charge in [0.05, 0.1) is 15.0 Å². The third kappa shape index (κ3) is 5.00. The first-order valence-corrected chi connectivity index (χ1v) is 12.4. The number of rotatable bonds is 3. The van der Waals surface area contributed by atoms with Gasteiger partial charge in [-0.05, 0) is 49.4 Å². The van der Waals surface area contributed by atoms with Crippen LogP contribution in [-0.2, 0) is 4.79 Å². The number of halogens is 5. The predicted molar refractivity (Wildman–Crippen MR) is 129 cm³/mol. The SMILES string of the molecule is CN1CCN(C2(C(F)(F)F)C=CCC(/C=C3/SCCN(c4ccc(Cl)c(Cl)c4)C3=O)=C2)CC1. The van der Waals surface area contributed by atoms with Crippen LogP contribution in [0.1, 0.15) is 6.42 Å². The largest absolute Gasteiger partial charge is 0.414 e. The van der Waals surface area contributed by atoms with E-state index in [1.54, 1.807) is 35.3 Å². The van der Waals surface area contributed by atoms with Gasteiger partial charge in [-0.1, -0.05) is 35.4 Å². The van der Waals surface area contributed by atoms with Crippen molar-refractivity contribution in [2.75, 3.05) is 50.4 Å². The molecule has 0 aromatic heterocycles. The van der Waals surface area contributed by atoms with Crippen LogP contribution in [0.4, 0.5) is 18.9 Å². The van der Waals surface area contributed by atoms with E-state index in [1.807, 2.05) is 11.9 Å². The molecule has 1 atom stereocenters. The van der Waals surface area contributed by atoms with Crippen molar-refractivity contribution in [2.45, 2.75) is 18.1 Å². The van der Waals surface area contributed by atoms with Crippen molar-refractivity contribution in [2.24, 2.45) is 0 Å². The van der Waals surface area contributed by atoms with Crippen LogP contribution in [0.5, 0.6) is 0 Å². The molecule has 2 heterocycles. The van der Waals surface area contributed by atoms with E-state index in [-0.39, 0.29) is 5.91 Å². The maximum atomic E-state index is 14.4. The molecule has 0 saturated carbocycles. The number of hydrogen-bond donors (Lipinski definition) is 0.